The van der Waals surface area contributed by atoms with Crippen LogP contribution in [0, 0.1) is 0 Å². The van der Waals surface area contributed by atoms with Gasteiger partial charge < -0.3 is 16.2 Å². The molecule has 0 aliphatic rings. The van der Waals surface area contributed by atoms with E-state index in [1.54, 1.807) is 31.2 Å². The van der Waals surface area contributed by atoms with Crippen LogP contribution in [0.4, 0.5) is 5.69 Å². The molecule has 1 aromatic rings. The second kappa shape index (κ2) is 3.80. The van der Waals surface area contributed by atoms with Gasteiger partial charge in [0, 0.05) is 0 Å². The van der Waals surface area contributed by atoms with Crippen LogP contribution in [-0.4, -0.2) is 12.0 Å². The van der Waals surface area contributed by atoms with E-state index in [1.807, 2.05) is 0 Å². The zero-order valence-electron chi connectivity index (χ0n) is 7.36. The largest absolute Gasteiger partial charge is 0.479 e. The molecule has 0 radical (unpaired) electrons. The highest BCUT2D eigenvalue weighted by Crippen LogP contribution is 2.20. The topological polar surface area (TPSA) is 78.3 Å². The zero-order chi connectivity index (χ0) is 9.84. The first-order valence-corrected chi connectivity index (χ1v) is 3.91. The van der Waals surface area contributed by atoms with E-state index < -0.39 is 12.0 Å². The van der Waals surface area contributed by atoms with Gasteiger partial charge >= 0.3 is 0 Å². The highest BCUT2D eigenvalue weighted by molar-refractivity contribution is 5.79. The molecule has 0 saturated carbocycles. The van der Waals surface area contributed by atoms with Crippen molar-refractivity contribution in [3.63, 3.8) is 0 Å². The van der Waals surface area contributed by atoms with E-state index in [0.29, 0.717) is 11.4 Å². The summed E-state index contributed by atoms with van der Waals surface area (Å²) in [5.74, 6) is -0.0305. The fraction of sp³-hybridized carbons (Fsp3) is 0.222. The molecule has 1 unspecified atom stereocenters. The second-order valence-electron chi connectivity index (χ2n) is 2.70. The number of nitrogens with two attached hydrogens (primary N) is 2. The number of carbonyl (C=O) groups excluding carboxylic acids is 1. The lowest BCUT2D eigenvalue weighted by Gasteiger charge is -2.12. The molecule has 0 aliphatic heterocycles. The summed E-state index contributed by atoms with van der Waals surface area (Å²) in [6, 6.07) is 6.95. The average Bonchev–Trinajstić information content (AvgIpc) is 2.08. The number of rotatable bonds is 3. The first-order valence-electron chi connectivity index (χ1n) is 3.91. The molecule has 0 bridgehead atoms. The number of amides is 1. The molecule has 1 amide bonds. The van der Waals surface area contributed by atoms with Crippen LogP contribution in [0.15, 0.2) is 24.3 Å². The Hall–Kier alpha value is -1.71. The Bertz CT molecular complexity index is 312. The molecule has 0 fully saturated rings. The standard InChI is InChI=1S/C9H12N2O2/c1-6(9(11)12)13-8-5-3-2-4-7(8)10/h2-6H,10H2,1H3,(H2,11,12). The van der Waals surface area contributed by atoms with Gasteiger partial charge in [-0.15, -0.1) is 0 Å². The van der Waals surface area contributed by atoms with Gasteiger partial charge in [0.05, 0.1) is 5.69 Å². The molecule has 0 saturated heterocycles. The van der Waals surface area contributed by atoms with Crippen molar-refractivity contribution in [3.8, 4) is 5.75 Å². The van der Waals surface area contributed by atoms with Crippen molar-refractivity contribution in [2.24, 2.45) is 5.73 Å². The van der Waals surface area contributed by atoms with Crippen LogP contribution >= 0.6 is 0 Å². The number of ether oxygens (including phenoxy) is 1. The summed E-state index contributed by atoms with van der Waals surface area (Å²) in [5.41, 5.74) is 11.1. The van der Waals surface area contributed by atoms with Gasteiger partial charge in [-0.3, -0.25) is 4.79 Å². The van der Waals surface area contributed by atoms with Gasteiger partial charge in [0.2, 0.25) is 0 Å². The molecule has 1 rings (SSSR count). The maximum Gasteiger partial charge on any atom is 0.258 e. The summed E-state index contributed by atoms with van der Waals surface area (Å²) < 4.78 is 5.21. The maximum absolute atomic E-state index is 10.7. The molecule has 4 heteroatoms. The van der Waals surface area contributed by atoms with Gasteiger partial charge in [-0.1, -0.05) is 12.1 Å². The molecule has 1 atom stereocenters. The smallest absolute Gasteiger partial charge is 0.258 e. The third-order valence-electron chi connectivity index (χ3n) is 1.62. The predicted molar refractivity (Wildman–Crippen MR) is 50.1 cm³/mol. The number of benzene rings is 1. The Morgan fingerprint density at radius 1 is 1.46 bits per heavy atom. The molecule has 0 spiro atoms. The lowest BCUT2D eigenvalue weighted by molar-refractivity contribution is -0.123. The Labute approximate surface area is 76.5 Å². The molecule has 4 nitrogen and oxygen atoms in total. The fourth-order valence-electron chi connectivity index (χ4n) is 0.836. The quantitative estimate of drug-likeness (QED) is 0.665. The summed E-state index contributed by atoms with van der Waals surface area (Å²) in [7, 11) is 0. The van der Waals surface area contributed by atoms with Crippen molar-refractivity contribution in [3.05, 3.63) is 24.3 Å². The Morgan fingerprint density at radius 2 is 2.08 bits per heavy atom. The lowest BCUT2D eigenvalue weighted by Crippen LogP contribution is -2.30. The van der Waals surface area contributed by atoms with Crippen molar-refractivity contribution in [2.45, 2.75) is 13.0 Å². The third kappa shape index (κ3) is 2.37. The molecule has 0 heterocycles. The van der Waals surface area contributed by atoms with Gasteiger partial charge in [-0.25, -0.2) is 0 Å². The molecular formula is C9H12N2O2. The lowest BCUT2D eigenvalue weighted by atomic mass is 10.3. The fourth-order valence-corrected chi connectivity index (χ4v) is 0.836. The predicted octanol–water partition coefficient (Wildman–Crippen LogP) is 0.521. The zero-order valence-corrected chi connectivity index (χ0v) is 7.36. The van der Waals surface area contributed by atoms with Crippen LogP contribution in [0.3, 0.4) is 0 Å². The van der Waals surface area contributed by atoms with Crippen LogP contribution in [0.2, 0.25) is 0 Å². The van der Waals surface area contributed by atoms with E-state index in [4.69, 9.17) is 16.2 Å². The summed E-state index contributed by atoms with van der Waals surface area (Å²) in [4.78, 5) is 10.7. The molecular weight excluding hydrogens is 168 g/mol. The number of para-hydroxylation sites is 2. The number of primary amides is 1. The third-order valence-corrected chi connectivity index (χ3v) is 1.62. The van der Waals surface area contributed by atoms with Crippen molar-refractivity contribution >= 4 is 11.6 Å². The van der Waals surface area contributed by atoms with Crippen LogP contribution in [0.1, 0.15) is 6.92 Å². The first-order chi connectivity index (χ1) is 6.11. The Morgan fingerprint density at radius 3 is 2.62 bits per heavy atom. The van der Waals surface area contributed by atoms with E-state index in [-0.39, 0.29) is 0 Å². The molecule has 13 heavy (non-hydrogen) atoms. The summed E-state index contributed by atoms with van der Waals surface area (Å²) >= 11 is 0. The molecule has 1 aromatic carbocycles. The second-order valence-corrected chi connectivity index (χ2v) is 2.70. The van der Waals surface area contributed by atoms with E-state index in [0.717, 1.165) is 0 Å². The van der Waals surface area contributed by atoms with Gasteiger partial charge in [-0.2, -0.15) is 0 Å². The molecule has 4 N–H and O–H groups in total. The van der Waals surface area contributed by atoms with Crippen molar-refractivity contribution in [1.82, 2.24) is 0 Å². The van der Waals surface area contributed by atoms with Crippen molar-refractivity contribution < 1.29 is 9.53 Å². The van der Waals surface area contributed by atoms with E-state index in [2.05, 4.69) is 0 Å². The number of hydrogen-bond donors (Lipinski definition) is 2. The van der Waals surface area contributed by atoms with Crippen molar-refractivity contribution in [2.75, 3.05) is 5.73 Å². The minimum atomic E-state index is -0.662. The molecule has 70 valence electrons. The van der Waals surface area contributed by atoms with Crippen LogP contribution in [0.25, 0.3) is 0 Å². The molecule has 0 aliphatic carbocycles. The van der Waals surface area contributed by atoms with Crippen LogP contribution in [0.5, 0.6) is 5.75 Å². The van der Waals surface area contributed by atoms with Gasteiger partial charge in [-0.05, 0) is 19.1 Å². The molecule has 0 aromatic heterocycles. The summed E-state index contributed by atoms with van der Waals surface area (Å²) in [6.45, 7) is 1.58. The van der Waals surface area contributed by atoms with E-state index in [1.165, 1.54) is 0 Å². The highest BCUT2D eigenvalue weighted by Gasteiger charge is 2.10. The summed E-state index contributed by atoms with van der Waals surface area (Å²) in [6.07, 6.45) is -0.662. The first kappa shape index (κ1) is 9.38. The summed E-state index contributed by atoms with van der Waals surface area (Å²) in [5, 5.41) is 0. The SMILES string of the molecule is CC(Oc1ccccc1N)C(N)=O. The average molecular weight is 180 g/mol. The number of anilines is 1. The van der Waals surface area contributed by atoms with Crippen LogP contribution in [-0.2, 0) is 4.79 Å². The van der Waals surface area contributed by atoms with E-state index in [9.17, 15) is 4.79 Å². The number of carbonyl (C=O) groups is 1. The van der Waals surface area contributed by atoms with Gasteiger partial charge in [0.1, 0.15) is 5.75 Å². The number of hydrogen-bond acceptors (Lipinski definition) is 3. The Kier molecular flexibility index (Phi) is 2.74. The monoisotopic (exact) mass is 180 g/mol. The minimum Gasteiger partial charge on any atom is -0.479 e. The van der Waals surface area contributed by atoms with Gasteiger partial charge in [0.25, 0.3) is 5.91 Å². The number of nitrogen functional groups attached to an aromatic ring is 1. The normalized spacial score (nSPS) is 12.1. The minimum absolute atomic E-state index is 0.480. The van der Waals surface area contributed by atoms with Crippen LogP contribution < -0.4 is 16.2 Å². The Balaban J connectivity index is 2.74. The highest BCUT2D eigenvalue weighted by atomic mass is 16.5. The maximum atomic E-state index is 10.7. The van der Waals surface area contributed by atoms with Crippen molar-refractivity contribution in [1.29, 1.82) is 0 Å². The van der Waals surface area contributed by atoms with Gasteiger partial charge in [0.15, 0.2) is 6.10 Å². The van der Waals surface area contributed by atoms with E-state index >= 15 is 0 Å².